The maximum atomic E-state index is 11.0. The van der Waals surface area contributed by atoms with Crippen LogP contribution in [0.2, 0.25) is 0 Å². The fourth-order valence-electron chi connectivity index (χ4n) is 2.68. The minimum Gasteiger partial charge on any atom is -0.508 e. The van der Waals surface area contributed by atoms with E-state index in [1.54, 1.807) is 6.07 Å². The number of piperidine rings is 1. The number of likely N-dealkylation sites (tertiary alicyclic amines) is 1. The van der Waals surface area contributed by atoms with Crippen LogP contribution in [0.3, 0.4) is 0 Å². The summed E-state index contributed by atoms with van der Waals surface area (Å²) in [6.45, 7) is 4.19. The zero-order valence-corrected chi connectivity index (χ0v) is 11.9. The van der Waals surface area contributed by atoms with Gasteiger partial charge in [0.15, 0.2) is 0 Å². The number of benzene rings is 1. The summed E-state index contributed by atoms with van der Waals surface area (Å²) in [5, 5.41) is 23.6. The average molecular weight is 279 g/mol. The predicted molar refractivity (Wildman–Crippen MR) is 78.1 cm³/mol. The normalized spacial score (nSPS) is 18.7. The largest absolute Gasteiger partial charge is 0.508 e. The highest BCUT2D eigenvalue weighted by Gasteiger charge is 2.24. The topological polar surface area (TPSA) is 78.6 Å². The second kappa shape index (κ2) is 6.09. The third kappa shape index (κ3) is 3.39. The Morgan fingerprint density at radius 3 is 2.70 bits per heavy atom. The summed E-state index contributed by atoms with van der Waals surface area (Å²) in [6, 6.07) is 4.39. The van der Waals surface area contributed by atoms with Crippen molar-refractivity contribution in [3.05, 3.63) is 28.3 Å². The third-order valence-electron chi connectivity index (χ3n) is 4.03. The number of phenols is 1. The third-order valence-corrected chi connectivity index (χ3v) is 4.03. The second-order valence-corrected chi connectivity index (χ2v) is 5.53. The smallest absolute Gasteiger partial charge is 0.296 e. The molecule has 1 atom stereocenters. The van der Waals surface area contributed by atoms with Crippen molar-refractivity contribution < 1.29 is 10.0 Å². The Bertz CT molecular complexity index is 485. The molecule has 1 fully saturated rings. The molecule has 2 rings (SSSR count). The minimum absolute atomic E-state index is 0.0789. The summed E-state index contributed by atoms with van der Waals surface area (Å²) < 4.78 is 0. The Hall–Kier alpha value is -1.82. The van der Waals surface area contributed by atoms with E-state index in [-0.39, 0.29) is 17.5 Å². The first-order valence-corrected chi connectivity index (χ1v) is 6.90. The van der Waals surface area contributed by atoms with Gasteiger partial charge in [0.05, 0.1) is 11.0 Å². The molecule has 6 nitrogen and oxygen atoms in total. The van der Waals surface area contributed by atoms with Gasteiger partial charge in [-0.2, -0.15) is 0 Å². The van der Waals surface area contributed by atoms with Gasteiger partial charge < -0.3 is 15.3 Å². The van der Waals surface area contributed by atoms with Gasteiger partial charge in [0.1, 0.15) is 11.4 Å². The lowest BCUT2D eigenvalue weighted by Crippen LogP contribution is -2.37. The lowest BCUT2D eigenvalue weighted by atomic mass is 9.90. The molecule has 0 saturated carbocycles. The molecule has 20 heavy (non-hydrogen) atoms. The molecule has 1 aliphatic rings. The van der Waals surface area contributed by atoms with Crippen LogP contribution in [0.5, 0.6) is 5.75 Å². The highest BCUT2D eigenvalue weighted by molar-refractivity contribution is 5.64. The molecule has 1 unspecified atom stereocenters. The number of aromatic hydroxyl groups is 1. The lowest BCUT2D eigenvalue weighted by Gasteiger charge is -2.33. The molecule has 6 heteroatoms. The van der Waals surface area contributed by atoms with E-state index >= 15 is 0 Å². The van der Waals surface area contributed by atoms with E-state index in [1.807, 2.05) is 0 Å². The number of nitro groups is 1. The van der Waals surface area contributed by atoms with Crippen molar-refractivity contribution in [3.63, 3.8) is 0 Å². The van der Waals surface area contributed by atoms with E-state index < -0.39 is 4.92 Å². The van der Waals surface area contributed by atoms with E-state index in [0.29, 0.717) is 11.6 Å². The van der Waals surface area contributed by atoms with Crippen LogP contribution in [-0.2, 0) is 0 Å². The van der Waals surface area contributed by atoms with Crippen LogP contribution in [0.15, 0.2) is 18.2 Å². The molecule has 0 aromatic heterocycles. The summed E-state index contributed by atoms with van der Waals surface area (Å²) in [7, 11) is 2.11. The van der Waals surface area contributed by atoms with Crippen molar-refractivity contribution in [1.29, 1.82) is 0 Å². The molecule has 1 aliphatic heterocycles. The first-order chi connectivity index (χ1) is 9.47. The lowest BCUT2D eigenvalue weighted by molar-refractivity contribution is -0.384. The van der Waals surface area contributed by atoms with Gasteiger partial charge >= 0.3 is 0 Å². The molecule has 1 heterocycles. The SMILES string of the molecule is CC(Nc1ccc(O)cc1[N+](=O)[O-])C1CCN(C)CC1. The molecule has 0 bridgehead atoms. The van der Waals surface area contributed by atoms with Gasteiger partial charge in [-0.25, -0.2) is 0 Å². The summed E-state index contributed by atoms with van der Waals surface area (Å²) in [6.07, 6.45) is 2.19. The number of hydrogen-bond donors (Lipinski definition) is 2. The molecule has 0 aliphatic carbocycles. The van der Waals surface area contributed by atoms with Gasteiger partial charge in [-0.3, -0.25) is 10.1 Å². The molecule has 110 valence electrons. The molecule has 1 aromatic rings. The van der Waals surface area contributed by atoms with Crippen LogP contribution in [0.1, 0.15) is 19.8 Å². The van der Waals surface area contributed by atoms with Crippen molar-refractivity contribution >= 4 is 11.4 Å². The van der Waals surface area contributed by atoms with Crippen LogP contribution in [0.4, 0.5) is 11.4 Å². The quantitative estimate of drug-likeness (QED) is 0.503. The number of rotatable bonds is 4. The first kappa shape index (κ1) is 14.6. The van der Waals surface area contributed by atoms with Crippen molar-refractivity contribution in [2.24, 2.45) is 5.92 Å². The summed E-state index contributed by atoms with van der Waals surface area (Å²) in [5.41, 5.74) is 0.393. The standard InChI is InChI=1S/C14H21N3O3/c1-10(11-5-7-16(2)8-6-11)15-13-4-3-12(18)9-14(13)17(19)20/h3-4,9-11,15,18H,5-8H2,1-2H3. The van der Waals surface area contributed by atoms with Gasteiger partial charge in [0, 0.05) is 6.04 Å². The Kier molecular flexibility index (Phi) is 4.44. The van der Waals surface area contributed by atoms with Gasteiger partial charge in [-0.15, -0.1) is 0 Å². The van der Waals surface area contributed by atoms with Crippen molar-refractivity contribution in [1.82, 2.24) is 4.90 Å². The molecule has 0 amide bonds. The number of nitrogens with zero attached hydrogens (tertiary/aromatic N) is 2. The average Bonchev–Trinajstić information content (AvgIpc) is 2.41. The molecule has 1 saturated heterocycles. The van der Waals surface area contributed by atoms with Crippen molar-refractivity contribution in [3.8, 4) is 5.75 Å². The Morgan fingerprint density at radius 1 is 1.45 bits per heavy atom. The minimum atomic E-state index is -0.469. The van der Waals surface area contributed by atoms with Crippen LogP contribution in [0, 0.1) is 16.0 Å². The van der Waals surface area contributed by atoms with E-state index in [1.165, 1.54) is 12.1 Å². The molecule has 2 N–H and O–H groups in total. The number of nitrogens with one attached hydrogen (secondary N) is 1. The number of nitro benzene ring substituents is 1. The van der Waals surface area contributed by atoms with E-state index in [9.17, 15) is 15.2 Å². The van der Waals surface area contributed by atoms with Crippen LogP contribution in [-0.4, -0.2) is 41.1 Å². The van der Waals surface area contributed by atoms with Gasteiger partial charge in [-0.05, 0) is 58.0 Å². The Balaban J connectivity index is 2.07. The fourth-order valence-corrected chi connectivity index (χ4v) is 2.68. The molecule has 1 aromatic carbocycles. The van der Waals surface area contributed by atoms with Gasteiger partial charge in [0.25, 0.3) is 5.69 Å². The van der Waals surface area contributed by atoms with Crippen molar-refractivity contribution in [2.75, 3.05) is 25.5 Å². The zero-order valence-electron chi connectivity index (χ0n) is 11.9. The highest BCUT2D eigenvalue weighted by Crippen LogP contribution is 2.31. The number of anilines is 1. The maximum Gasteiger partial charge on any atom is 0.296 e. The van der Waals surface area contributed by atoms with E-state index in [4.69, 9.17) is 0 Å². The fraction of sp³-hybridized carbons (Fsp3) is 0.571. The second-order valence-electron chi connectivity index (χ2n) is 5.53. The maximum absolute atomic E-state index is 11.0. The molecular weight excluding hydrogens is 258 g/mol. The Labute approximate surface area is 118 Å². The number of hydrogen-bond acceptors (Lipinski definition) is 5. The molecule has 0 radical (unpaired) electrons. The van der Waals surface area contributed by atoms with Crippen LogP contribution < -0.4 is 5.32 Å². The summed E-state index contributed by atoms with van der Waals surface area (Å²) in [5.74, 6) is 0.425. The summed E-state index contributed by atoms with van der Waals surface area (Å²) in [4.78, 5) is 12.9. The van der Waals surface area contributed by atoms with Gasteiger partial charge in [-0.1, -0.05) is 0 Å². The van der Waals surface area contributed by atoms with Crippen LogP contribution >= 0.6 is 0 Å². The van der Waals surface area contributed by atoms with E-state index in [2.05, 4.69) is 24.2 Å². The number of phenolic OH excluding ortho intramolecular Hbond substituents is 1. The first-order valence-electron chi connectivity index (χ1n) is 6.90. The zero-order chi connectivity index (χ0) is 14.7. The highest BCUT2D eigenvalue weighted by atomic mass is 16.6. The molecule has 0 spiro atoms. The van der Waals surface area contributed by atoms with Crippen LogP contribution in [0.25, 0.3) is 0 Å². The monoisotopic (exact) mass is 279 g/mol. The predicted octanol–water partition coefficient (Wildman–Crippen LogP) is 2.44. The molecular formula is C14H21N3O3. The van der Waals surface area contributed by atoms with Crippen molar-refractivity contribution in [2.45, 2.75) is 25.8 Å². The van der Waals surface area contributed by atoms with Gasteiger partial charge in [0.2, 0.25) is 0 Å². The summed E-state index contributed by atoms with van der Waals surface area (Å²) >= 11 is 0. The van der Waals surface area contributed by atoms with E-state index in [0.717, 1.165) is 25.9 Å². The Morgan fingerprint density at radius 2 is 2.10 bits per heavy atom.